The maximum absolute atomic E-state index is 13.6. The molecule has 0 radical (unpaired) electrons. The molecule has 1 aromatic carbocycles. The molecule has 0 bridgehead atoms. The summed E-state index contributed by atoms with van der Waals surface area (Å²) in [4.78, 5) is 23.9. The van der Waals surface area contributed by atoms with Crippen LogP contribution in [0.2, 0.25) is 0 Å². The number of carbonyl (C=O) groups excluding carboxylic acids is 1. The van der Waals surface area contributed by atoms with Crippen molar-refractivity contribution in [3.63, 3.8) is 0 Å². The Labute approximate surface area is 116 Å². The molecule has 0 aromatic heterocycles. The lowest BCUT2D eigenvalue weighted by Crippen LogP contribution is -2.50. The molecule has 1 saturated heterocycles. The van der Waals surface area contributed by atoms with Gasteiger partial charge in [0.2, 0.25) is 5.82 Å². The van der Waals surface area contributed by atoms with Gasteiger partial charge in [-0.05, 0) is 12.5 Å². The van der Waals surface area contributed by atoms with Gasteiger partial charge >= 0.3 is 5.97 Å². The smallest absolute Gasteiger partial charge is 0.325 e. The Hall–Kier alpha value is -2.29. The normalized spacial score (nSPS) is 21.6. The van der Waals surface area contributed by atoms with Crippen molar-refractivity contribution in [3.05, 3.63) is 29.1 Å². The fourth-order valence-electron chi connectivity index (χ4n) is 2.10. The van der Waals surface area contributed by atoms with Gasteiger partial charge in [-0.2, -0.15) is 4.39 Å². The number of rotatable bonds is 2. The number of phenolic OH excluding ortho intramolecular Hbond substituents is 1. The predicted molar refractivity (Wildman–Crippen MR) is 63.1 cm³/mol. The minimum absolute atomic E-state index is 0.0641. The molecular formula is C12H11F3N2O4. The molecule has 9 heteroatoms. The van der Waals surface area contributed by atoms with Crippen LogP contribution in [0.15, 0.2) is 6.07 Å². The number of hydrogen-bond donors (Lipinski definition) is 3. The van der Waals surface area contributed by atoms with Crippen LogP contribution in [0.25, 0.3) is 0 Å². The van der Waals surface area contributed by atoms with Gasteiger partial charge in [-0.3, -0.25) is 9.59 Å². The predicted octanol–water partition coefficient (Wildman–Crippen LogP) is 0.438. The number of carbonyl (C=O) groups is 2. The van der Waals surface area contributed by atoms with Gasteiger partial charge in [0.05, 0.1) is 5.56 Å². The van der Waals surface area contributed by atoms with Crippen molar-refractivity contribution in [3.8, 4) is 5.75 Å². The van der Waals surface area contributed by atoms with Crippen molar-refractivity contribution in [1.29, 1.82) is 0 Å². The molecule has 1 fully saturated rings. The number of aliphatic carboxylic acids is 1. The average Bonchev–Trinajstić information content (AvgIpc) is 2.84. The van der Waals surface area contributed by atoms with Crippen LogP contribution in [0.4, 0.5) is 13.2 Å². The molecular weight excluding hydrogens is 293 g/mol. The molecule has 1 aromatic rings. The molecule has 1 aliphatic rings. The molecule has 1 heterocycles. The van der Waals surface area contributed by atoms with Crippen LogP contribution >= 0.6 is 0 Å². The molecule has 114 valence electrons. The van der Waals surface area contributed by atoms with Gasteiger partial charge in [0.15, 0.2) is 17.4 Å². The Kier molecular flexibility index (Phi) is 3.54. The summed E-state index contributed by atoms with van der Waals surface area (Å²) < 4.78 is 39.8. The monoisotopic (exact) mass is 304 g/mol. The first-order valence-corrected chi connectivity index (χ1v) is 5.85. The third-order valence-electron chi connectivity index (χ3n) is 3.38. The van der Waals surface area contributed by atoms with E-state index in [4.69, 9.17) is 15.9 Å². The zero-order chi connectivity index (χ0) is 15.9. The lowest BCUT2D eigenvalue weighted by atomic mass is 10.0. The SMILES string of the molecule is NC1(C(=O)O)CCN(C(=O)c2cc(F)c(F)c(O)c2F)C1. The molecule has 1 aliphatic heterocycles. The largest absolute Gasteiger partial charge is 0.503 e. The number of nitrogens with two attached hydrogens (primary N) is 1. The maximum atomic E-state index is 13.6. The quantitative estimate of drug-likeness (QED) is 0.688. The number of likely N-dealkylation sites (tertiary alicyclic amines) is 1. The third-order valence-corrected chi connectivity index (χ3v) is 3.38. The molecule has 0 spiro atoms. The number of nitrogens with zero attached hydrogens (tertiary/aromatic N) is 1. The second-order valence-corrected chi connectivity index (χ2v) is 4.82. The number of benzene rings is 1. The molecule has 2 rings (SSSR count). The summed E-state index contributed by atoms with van der Waals surface area (Å²) in [5, 5.41) is 18.0. The maximum Gasteiger partial charge on any atom is 0.325 e. The molecule has 1 atom stereocenters. The molecule has 0 saturated carbocycles. The highest BCUT2D eigenvalue weighted by atomic mass is 19.2. The Morgan fingerprint density at radius 2 is 1.90 bits per heavy atom. The number of amides is 1. The van der Waals surface area contributed by atoms with E-state index in [1.807, 2.05) is 0 Å². The zero-order valence-electron chi connectivity index (χ0n) is 10.6. The molecule has 0 aliphatic carbocycles. The van der Waals surface area contributed by atoms with Gasteiger partial charge in [-0.25, -0.2) is 8.78 Å². The van der Waals surface area contributed by atoms with E-state index < -0.39 is 52.7 Å². The van der Waals surface area contributed by atoms with Gasteiger partial charge in [0.25, 0.3) is 5.91 Å². The van der Waals surface area contributed by atoms with E-state index in [9.17, 15) is 22.8 Å². The van der Waals surface area contributed by atoms with Gasteiger partial charge in [0, 0.05) is 13.1 Å². The van der Waals surface area contributed by atoms with E-state index in [0.717, 1.165) is 4.90 Å². The van der Waals surface area contributed by atoms with Crippen molar-refractivity contribution in [2.75, 3.05) is 13.1 Å². The molecule has 21 heavy (non-hydrogen) atoms. The zero-order valence-corrected chi connectivity index (χ0v) is 10.6. The van der Waals surface area contributed by atoms with Crippen LogP contribution in [0.1, 0.15) is 16.8 Å². The summed E-state index contributed by atoms with van der Waals surface area (Å²) >= 11 is 0. The van der Waals surface area contributed by atoms with Gasteiger partial charge in [0.1, 0.15) is 5.54 Å². The summed E-state index contributed by atoms with van der Waals surface area (Å²) in [6, 6.07) is 0.310. The highest BCUT2D eigenvalue weighted by Crippen LogP contribution is 2.28. The molecule has 6 nitrogen and oxygen atoms in total. The van der Waals surface area contributed by atoms with Crippen LogP contribution in [0.3, 0.4) is 0 Å². The number of hydrogen-bond acceptors (Lipinski definition) is 4. The van der Waals surface area contributed by atoms with Crippen molar-refractivity contribution in [2.24, 2.45) is 5.73 Å². The van der Waals surface area contributed by atoms with E-state index in [1.54, 1.807) is 0 Å². The number of phenols is 1. The summed E-state index contributed by atoms with van der Waals surface area (Å²) in [5.74, 6) is -9.00. The second kappa shape index (κ2) is 4.92. The van der Waals surface area contributed by atoms with Gasteiger partial charge < -0.3 is 20.8 Å². The third kappa shape index (κ3) is 2.40. The van der Waals surface area contributed by atoms with Crippen LogP contribution in [0.5, 0.6) is 5.75 Å². The van der Waals surface area contributed by atoms with Crippen molar-refractivity contribution >= 4 is 11.9 Å². The highest BCUT2D eigenvalue weighted by Gasteiger charge is 2.43. The standard InChI is InChI=1S/C12H11F3N2O4/c13-6-3-5(7(14)9(18)8(6)15)10(19)17-2-1-12(16,4-17)11(20)21/h3,18H,1-2,4,16H2,(H,20,21). The van der Waals surface area contributed by atoms with E-state index in [2.05, 4.69) is 0 Å². The molecule has 4 N–H and O–H groups in total. The van der Waals surface area contributed by atoms with Crippen LogP contribution < -0.4 is 5.73 Å². The fraction of sp³-hybridized carbons (Fsp3) is 0.333. The molecule has 1 unspecified atom stereocenters. The van der Waals surface area contributed by atoms with Crippen LogP contribution in [-0.2, 0) is 4.79 Å². The number of aromatic hydroxyl groups is 1. The average molecular weight is 304 g/mol. The van der Waals surface area contributed by atoms with Gasteiger partial charge in [-0.1, -0.05) is 0 Å². The van der Waals surface area contributed by atoms with Crippen LogP contribution in [-0.4, -0.2) is 45.6 Å². The Morgan fingerprint density at radius 3 is 2.43 bits per heavy atom. The highest BCUT2D eigenvalue weighted by molar-refractivity contribution is 5.96. The minimum atomic E-state index is -1.80. The fourth-order valence-corrected chi connectivity index (χ4v) is 2.10. The summed E-state index contributed by atoms with van der Waals surface area (Å²) in [6.45, 7) is -0.485. The lowest BCUT2D eigenvalue weighted by molar-refractivity contribution is -0.142. The van der Waals surface area contributed by atoms with Crippen LogP contribution in [0, 0.1) is 17.5 Å². The lowest BCUT2D eigenvalue weighted by Gasteiger charge is -2.20. The van der Waals surface area contributed by atoms with Gasteiger partial charge in [-0.15, -0.1) is 0 Å². The summed E-state index contributed by atoms with van der Waals surface area (Å²) in [6.07, 6.45) is -0.0641. The van der Waals surface area contributed by atoms with E-state index in [0.29, 0.717) is 6.07 Å². The first kappa shape index (κ1) is 15.1. The summed E-state index contributed by atoms with van der Waals surface area (Å²) in [5.41, 5.74) is 3.00. The minimum Gasteiger partial charge on any atom is -0.503 e. The van der Waals surface area contributed by atoms with Crippen molar-refractivity contribution in [2.45, 2.75) is 12.0 Å². The Bertz CT molecular complexity index is 637. The first-order chi connectivity index (χ1) is 9.67. The molecule has 1 amide bonds. The van der Waals surface area contributed by atoms with E-state index >= 15 is 0 Å². The summed E-state index contributed by atoms with van der Waals surface area (Å²) in [7, 11) is 0. The van der Waals surface area contributed by atoms with Crippen molar-refractivity contribution < 1.29 is 33.0 Å². The number of halogens is 3. The first-order valence-electron chi connectivity index (χ1n) is 5.85. The Morgan fingerprint density at radius 1 is 1.29 bits per heavy atom. The Balaban J connectivity index is 2.33. The van der Waals surface area contributed by atoms with Crippen molar-refractivity contribution in [1.82, 2.24) is 4.90 Å². The second-order valence-electron chi connectivity index (χ2n) is 4.82. The van der Waals surface area contributed by atoms with E-state index in [1.165, 1.54) is 0 Å². The number of carboxylic acids is 1. The number of carboxylic acid groups (broad SMARTS) is 1. The van der Waals surface area contributed by atoms with E-state index in [-0.39, 0.29) is 13.0 Å². The topological polar surface area (TPSA) is 104 Å².